The lowest BCUT2D eigenvalue weighted by atomic mass is 10.1. The molecule has 0 spiro atoms. The Morgan fingerprint density at radius 2 is 1.64 bits per heavy atom. The van der Waals surface area contributed by atoms with E-state index >= 15 is 0 Å². The molecule has 3 aromatic carbocycles. The number of hydrogen-bond acceptors (Lipinski definition) is 4. The van der Waals surface area contributed by atoms with Crippen LogP contribution in [-0.2, 0) is 6.54 Å². The molecule has 0 radical (unpaired) electrons. The molecule has 0 atom stereocenters. The molecule has 25 heavy (non-hydrogen) atoms. The number of hydrogen-bond donors (Lipinski definition) is 0. The van der Waals surface area contributed by atoms with E-state index in [9.17, 15) is 0 Å². The highest BCUT2D eigenvalue weighted by molar-refractivity contribution is 5.85. The van der Waals surface area contributed by atoms with Crippen molar-refractivity contribution >= 4 is 16.5 Å². The molecular formula is C20H19N5. The van der Waals surface area contributed by atoms with Crippen LogP contribution in [0.1, 0.15) is 12.7 Å². The summed E-state index contributed by atoms with van der Waals surface area (Å²) < 4.78 is 1.80. The largest absolute Gasteiger partial charge is 0.364 e. The fourth-order valence-corrected chi connectivity index (χ4v) is 3.00. The van der Waals surface area contributed by atoms with Crippen LogP contribution in [0, 0.1) is 0 Å². The summed E-state index contributed by atoms with van der Waals surface area (Å²) in [7, 11) is 0. The second-order valence-corrected chi connectivity index (χ2v) is 5.89. The monoisotopic (exact) mass is 329 g/mol. The summed E-state index contributed by atoms with van der Waals surface area (Å²) in [6.45, 7) is 3.67. The van der Waals surface area contributed by atoms with E-state index in [2.05, 4.69) is 69.8 Å². The predicted octanol–water partition coefficient (Wildman–Crippen LogP) is 3.84. The van der Waals surface area contributed by atoms with E-state index in [1.165, 1.54) is 16.5 Å². The van der Waals surface area contributed by atoms with E-state index in [-0.39, 0.29) is 0 Å². The number of nitrogens with zero attached hydrogens (tertiary/aromatic N) is 5. The molecule has 0 fully saturated rings. The highest BCUT2D eigenvalue weighted by atomic mass is 15.5. The van der Waals surface area contributed by atoms with Gasteiger partial charge in [-0.2, -0.15) is 4.68 Å². The smallest absolute Gasteiger partial charge is 0.175 e. The molecule has 0 aliphatic heterocycles. The van der Waals surface area contributed by atoms with Gasteiger partial charge >= 0.3 is 0 Å². The van der Waals surface area contributed by atoms with Gasteiger partial charge in [0.2, 0.25) is 0 Å². The minimum Gasteiger partial charge on any atom is -0.364 e. The lowest BCUT2D eigenvalue weighted by Crippen LogP contribution is -2.24. The van der Waals surface area contributed by atoms with Crippen molar-refractivity contribution in [1.29, 1.82) is 0 Å². The standard InChI is InChI=1S/C20H19N5/c1-2-24(19-13-12-16-8-6-7-9-17(16)14-19)15-20-21-22-23-25(20)18-10-4-3-5-11-18/h3-14H,2,15H2,1H3. The minimum atomic E-state index is 0.650. The van der Waals surface area contributed by atoms with Crippen LogP contribution in [0.4, 0.5) is 5.69 Å². The number of tetrazole rings is 1. The number of fused-ring (bicyclic) bond motifs is 1. The first-order chi connectivity index (χ1) is 12.3. The Kier molecular flexibility index (Phi) is 4.12. The maximum atomic E-state index is 4.23. The van der Waals surface area contributed by atoms with Gasteiger partial charge in [-0.15, -0.1) is 5.10 Å². The van der Waals surface area contributed by atoms with Crippen molar-refractivity contribution in [3.8, 4) is 5.69 Å². The van der Waals surface area contributed by atoms with Gasteiger partial charge in [0.1, 0.15) is 0 Å². The quantitative estimate of drug-likeness (QED) is 0.558. The first-order valence-corrected chi connectivity index (χ1v) is 8.41. The first kappa shape index (κ1) is 15.3. The van der Waals surface area contributed by atoms with Crippen LogP contribution in [0.25, 0.3) is 16.5 Å². The van der Waals surface area contributed by atoms with E-state index in [4.69, 9.17) is 0 Å². The Morgan fingerprint density at radius 3 is 2.44 bits per heavy atom. The molecule has 4 rings (SSSR count). The van der Waals surface area contributed by atoms with Crippen molar-refractivity contribution in [2.75, 3.05) is 11.4 Å². The Labute approximate surface area is 146 Å². The predicted molar refractivity (Wildman–Crippen MR) is 99.8 cm³/mol. The molecule has 5 nitrogen and oxygen atoms in total. The van der Waals surface area contributed by atoms with Gasteiger partial charge in [0.15, 0.2) is 5.82 Å². The average Bonchev–Trinajstić information content (AvgIpc) is 3.14. The molecule has 0 saturated heterocycles. The molecule has 124 valence electrons. The molecule has 0 saturated carbocycles. The van der Waals surface area contributed by atoms with Crippen LogP contribution >= 0.6 is 0 Å². The third-order valence-electron chi connectivity index (χ3n) is 4.35. The zero-order valence-corrected chi connectivity index (χ0v) is 14.1. The minimum absolute atomic E-state index is 0.650. The number of rotatable bonds is 5. The highest BCUT2D eigenvalue weighted by Gasteiger charge is 2.13. The lowest BCUT2D eigenvalue weighted by molar-refractivity contribution is 0.726. The maximum absolute atomic E-state index is 4.23. The van der Waals surface area contributed by atoms with Crippen molar-refractivity contribution in [3.05, 3.63) is 78.6 Å². The topological polar surface area (TPSA) is 46.8 Å². The van der Waals surface area contributed by atoms with Crippen molar-refractivity contribution in [2.24, 2.45) is 0 Å². The van der Waals surface area contributed by atoms with Gasteiger partial charge in [0.25, 0.3) is 0 Å². The summed E-state index contributed by atoms with van der Waals surface area (Å²) in [5.74, 6) is 0.821. The molecule has 0 aliphatic carbocycles. The van der Waals surface area contributed by atoms with Gasteiger partial charge in [0, 0.05) is 12.2 Å². The van der Waals surface area contributed by atoms with Crippen LogP contribution in [0.15, 0.2) is 72.8 Å². The Balaban J connectivity index is 1.65. The summed E-state index contributed by atoms with van der Waals surface area (Å²) >= 11 is 0. The first-order valence-electron chi connectivity index (χ1n) is 8.41. The molecule has 5 heteroatoms. The molecule has 0 amide bonds. The SMILES string of the molecule is CCN(Cc1nnnn1-c1ccccc1)c1ccc2ccccc2c1. The van der Waals surface area contributed by atoms with E-state index in [1.54, 1.807) is 4.68 Å². The van der Waals surface area contributed by atoms with Crippen LogP contribution in [0.2, 0.25) is 0 Å². The lowest BCUT2D eigenvalue weighted by Gasteiger charge is -2.23. The van der Waals surface area contributed by atoms with Gasteiger partial charge in [-0.05, 0) is 52.4 Å². The van der Waals surface area contributed by atoms with E-state index in [0.717, 1.165) is 18.1 Å². The number of benzene rings is 3. The summed E-state index contributed by atoms with van der Waals surface area (Å²) in [4.78, 5) is 2.28. The highest BCUT2D eigenvalue weighted by Crippen LogP contribution is 2.23. The van der Waals surface area contributed by atoms with Crippen LogP contribution < -0.4 is 4.90 Å². The van der Waals surface area contributed by atoms with Gasteiger partial charge in [0.05, 0.1) is 12.2 Å². The number of para-hydroxylation sites is 1. The third-order valence-corrected chi connectivity index (χ3v) is 4.35. The summed E-state index contributed by atoms with van der Waals surface area (Å²) in [5.41, 5.74) is 2.14. The van der Waals surface area contributed by atoms with E-state index < -0.39 is 0 Å². The van der Waals surface area contributed by atoms with E-state index in [1.807, 2.05) is 30.3 Å². The van der Waals surface area contributed by atoms with Crippen LogP contribution in [0.3, 0.4) is 0 Å². The van der Waals surface area contributed by atoms with Gasteiger partial charge in [-0.25, -0.2) is 0 Å². The van der Waals surface area contributed by atoms with Gasteiger partial charge in [-0.1, -0.05) is 48.5 Å². The number of aromatic nitrogens is 4. The average molecular weight is 329 g/mol. The normalized spacial score (nSPS) is 10.9. The van der Waals surface area contributed by atoms with Crippen molar-refractivity contribution in [2.45, 2.75) is 13.5 Å². The summed E-state index contributed by atoms with van der Waals surface area (Å²) in [6, 6.07) is 24.9. The van der Waals surface area contributed by atoms with Crippen LogP contribution in [-0.4, -0.2) is 26.8 Å². The second-order valence-electron chi connectivity index (χ2n) is 5.89. The van der Waals surface area contributed by atoms with E-state index in [0.29, 0.717) is 6.54 Å². The zero-order valence-electron chi connectivity index (χ0n) is 14.1. The third kappa shape index (κ3) is 3.08. The van der Waals surface area contributed by atoms with Crippen LogP contribution in [0.5, 0.6) is 0 Å². The molecule has 1 heterocycles. The van der Waals surface area contributed by atoms with Crippen molar-refractivity contribution in [1.82, 2.24) is 20.2 Å². The zero-order chi connectivity index (χ0) is 17.1. The molecule has 1 aromatic heterocycles. The maximum Gasteiger partial charge on any atom is 0.175 e. The van der Waals surface area contributed by atoms with Gasteiger partial charge < -0.3 is 4.90 Å². The van der Waals surface area contributed by atoms with Gasteiger partial charge in [-0.3, -0.25) is 0 Å². The summed E-state index contributed by atoms with van der Waals surface area (Å²) in [5, 5.41) is 14.7. The second kappa shape index (κ2) is 6.73. The fourth-order valence-electron chi connectivity index (χ4n) is 3.00. The van der Waals surface area contributed by atoms with Crippen molar-refractivity contribution < 1.29 is 0 Å². The molecule has 0 N–H and O–H groups in total. The Hall–Kier alpha value is -3.21. The molecule has 0 aliphatic rings. The molecular weight excluding hydrogens is 310 g/mol. The summed E-state index contributed by atoms with van der Waals surface area (Å²) in [6.07, 6.45) is 0. The van der Waals surface area contributed by atoms with Crippen molar-refractivity contribution in [3.63, 3.8) is 0 Å². The Bertz CT molecular complexity index is 977. The fraction of sp³-hybridized carbons (Fsp3) is 0.150. The number of anilines is 1. The molecule has 0 bridgehead atoms. The molecule has 0 unspecified atom stereocenters. The molecule has 4 aromatic rings. The Morgan fingerprint density at radius 1 is 0.880 bits per heavy atom.